The molecule has 130 valence electrons. The standard InChI is InChI=1S/C17H22N2O5/c1-17(2,3)24-16(22)18-14(19-8-10-23-11-9-19)12-4-6-13(7-5-12)15(20)21/h4-7H,8-11H2,1-3H3,(H,20,21). The summed E-state index contributed by atoms with van der Waals surface area (Å²) in [5, 5.41) is 9.00. The van der Waals surface area contributed by atoms with Crippen LogP contribution < -0.4 is 0 Å². The number of carbonyl (C=O) groups excluding carboxylic acids is 1. The fourth-order valence-electron chi connectivity index (χ4n) is 2.23. The molecule has 0 unspecified atom stereocenters. The van der Waals surface area contributed by atoms with Gasteiger partial charge in [0.2, 0.25) is 0 Å². The molecule has 1 heterocycles. The number of hydrogen-bond acceptors (Lipinski definition) is 4. The Morgan fingerprint density at radius 3 is 2.17 bits per heavy atom. The molecule has 1 aromatic rings. The number of carbonyl (C=O) groups is 2. The van der Waals surface area contributed by atoms with Gasteiger partial charge in [0.15, 0.2) is 0 Å². The number of amides is 1. The Bertz CT molecular complexity index is 625. The average Bonchev–Trinajstić information content (AvgIpc) is 2.52. The fraction of sp³-hybridized carbons (Fsp3) is 0.471. The number of hydrogen-bond donors (Lipinski definition) is 1. The van der Waals surface area contributed by atoms with Gasteiger partial charge in [0.05, 0.1) is 18.8 Å². The molecule has 0 spiro atoms. The second-order valence-electron chi connectivity index (χ2n) is 6.40. The maximum absolute atomic E-state index is 12.1. The predicted octanol–water partition coefficient (Wildman–Crippen LogP) is 2.40. The third-order valence-corrected chi connectivity index (χ3v) is 3.29. The monoisotopic (exact) mass is 334 g/mol. The lowest BCUT2D eigenvalue weighted by atomic mass is 10.1. The molecule has 0 bridgehead atoms. The molecular formula is C17H22N2O5. The highest BCUT2D eigenvalue weighted by Crippen LogP contribution is 2.14. The molecule has 1 amide bonds. The van der Waals surface area contributed by atoms with Gasteiger partial charge in [-0.3, -0.25) is 0 Å². The largest absolute Gasteiger partial charge is 0.478 e. The molecule has 0 radical (unpaired) electrons. The molecule has 1 fully saturated rings. The van der Waals surface area contributed by atoms with Crippen molar-refractivity contribution in [3.63, 3.8) is 0 Å². The van der Waals surface area contributed by atoms with Crippen molar-refractivity contribution in [1.82, 2.24) is 4.90 Å². The Hall–Kier alpha value is -2.41. The summed E-state index contributed by atoms with van der Waals surface area (Å²) in [5.74, 6) is -0.539. The molecule has 1 saturated heterocycles. The predicted molar refractivity (Wildman–Crippen MR) is 88.6 cm³/mol. The summed E-state index contributed by atoms with van der Waals surface area (Å²) in [7, 11) is 0. The lowest BCUT2D eigenvalue weighted by Gasteiger charge is -2.30. The van der Waals surface area contributed by atoms with E-state index in [0.717, 1.165) is 0 Å². The van der Waals surface area contributed by atoms with Crippen molar-refractivity contribution >= 4 is 17.9 Å². The zero-order chi connectivity index (χ0) is 17.7. The lowest BCUT2D eigenvalue weighted by Crippen LogP contribution is -2.41. The Morgan fingerprint density at radius 2 is 1.67 bits per heavy atom. The number of carboxylic acid groups (broad SMARTS) is 1. The van der Waals surface area contributed by atoms with E-state index in [4.69, 9.17) is 14.6 Å². The normalized spacial score (nSPS) is 16.0. The van der Waals surface area contributed by atoms with Gasteiger partial charge in [0.1, 0.15) is 11.4 Å². The topological polar surface area (TPSA) is 88.4 Å². The summed E-state index contributed by atoms with van der Waals surface area (Å²) in [6.07, 6.45) is -0.675. The molecule has 0 saturated carbocycles. The number of carboxylic acids is 1. The van der Waals surface area contributed by atoms with Crippen LogP contribution in [0.5, 0.6) is 0 Å². The summed E-state index contributed by atoms with van der Waals surface area (Å²) in [4.78, 5) is 29.1. The minimum atomic E-state index is -1.00. The van der Waals surface area contributed by atoms with Gasteiger partial charge in [0, 0.05) is 18.7 Å². The van der Waals surface area contributed by atoms with Crippen LogP contribution in [0.1, 0.15) is 36.7 Å². The van der Waals surface area contributed by atoms with E-state index in [0.29, 0.717) is 37.7 Å². The highest BCUT2D eigenvalue weighted by atomic mass is 16.6. The van der Waals surface area contributed by atoms with Crippen LogP contribution in [0, 0.1) is 0 Å². The number of morpholine rings is 1. The number of benzene rings is 1. The van der Waals surface area contributed by atoms with Crippen molar-refractivity contribution in [2.24, 2.45) is 4.99 Å². The first kappa shape index (κ1) is 17.9. The van der Waals surface area contributed by atoms with Crippen LogP contribution in [-0.4, -0.2) is 59.8 Å². The van der Waals surface area contributed by atoms with Crippen LogP contribution in [0.3, 0.4) is 0 Å². The maximum atomic E-state index is 12.1. The number of amidine groups is 1. The Morgan fingerprint density at radius 1 is 1.12 bits per heavy atom. The molecule has 7 heteroatoms. The van der Waals surface area contributed by atoms with E-state index in [1.165, 1.54) is 12.1 Å². The van der Waals surface area contributed by atoms with Gasteiger partial charge < -0.3 is 19.5 Å². The smallest absolute Gasteiger partial charge is 0.436 e. The van der Waals surface area contributed by atoms with E-state index in [1.54, 1.807) is 32.9 Å². The van der Waals surface area contributed by atoms with Crippen LogP contribution in [-0.2, 0) is 9.47 Å². The Kier molecular flexibility index (Phi) is 5.56. The van der Waals surface area contributed by atoms with Crippen molar-refractivity contribution in [2.75, 3.05) is 26.3 Å². The van der Waals surface area contributed by atoms with Crippen LogP contribution in [0.15, 0.2) is 29.3 Å². The lowest BCUT2D eigenvalue weighted by molar-refractivity contribution is 0.0577. The van der Waals surface area contributed by atoms with Gasteiger partial charge in [0.25, 0.3) is 0 Å². The molecule has 1 aliphatic rings. The summed E-state index contributed by atoms with van der Waals surface area (Å²) >= 11 is 0. The highest BCUT2D eigenvalue weighted by molar-refractivity contribution is 6.04. The van der Waals surface area contributed by atoms with E-state index >= 15 is 0 Å². The number of ether oxygens (including phenoxy) is 2. The Labute approximate surface area is 140 Å². The Balaban J connectivity index is 2.31. The van der Waals surface area contributed by atoms with Crippen molar-refractivity contribution in [3.8, 4) is 0 Å². The molecule has 0 atom stereocenters. The molecule has 1 N–H and O–H groups in total. The molecule has 1 aliphatic heterocycles. The van der Waals surface area contributed by atoms with Crippen molar-refractivity contribution < 1.29 is 24.2 Å². The van der Waals surface area contributed by atoms with Crippen LogP contribution in [0.4, 0.5) is 4.79 Å². The highest BCUT2D eigenvalue weighted by Gasteiger charge is 2.21. The average molecular weight is 334 g/mol. The maximum Gasteiger partial charge on any atom is 0.436 e. The number of aliphatic imine (C=N–C) groups is 1. The second-order valence-corrected chi connectivity index (χ2v) is 6.40. The van der Waals surface area contributed by atoms with Crippen LogP contribution in [0.25, 0.3) is 0 Å². The molecule has 2 rings (SSSR count). The molecule has 0 aliphatic carbocycles. The van der Waals surface area contributed by atoms with Crippen LogP contribution in [0.2, 0.25) is 0 Å². The van der Waals surface area contributed by atoms with Gasteiger partial charge in [-0.15, -0.1) is 0 Å². The minimum Gasteiger partial charge on any atom is -0.478 e. The van der Waals surface area contributed by atoms with Gasteiger partial charge in [-0.1, -0.05) is 12.1 Å². The first-order valence-electron chi connectivity index (χ1n) is 7.74. The van der Waals surface area contributed by atoms with Gasteiger partial charge >= 0.3 is 12.1 Å². The minimum absolute atomic E-state index is 0.178. The first-order chi connectivity index (χ1) is 11.3. The van der Waals surface area contributed by atoms with Crippen molar-refractivity contribution in [1.29, 1.82) is 0 Å². The molecule has 1 aromatic carbocycles. The van der Waals surface area contributed by atoms with Gasteiger partial charge in [-0.2, -0.15) is 4.99 Å². The first-order valence-corrected chi connectivity index (χ1v) is 7.74. The van der Waals surface area contributed by atoms with E-state index in [1.807, 2.05) is 4.90 Å². The van der Waals surface area contributed by atoms with Crippen molar-refractivity contribution in [3.05, 3.63) is 35.4 Å². The molecular weight excluding hydrogens is 312 g/mol. The van der Waals surface area contributed by atoms with E-state index < -0.39 is 17.7 Å². The molecule has 24 heavy (non-hydrogen) atoms. The number of aromatic carboxylic acids is 1. The fourth-order valence-corrected chi connectivity index (χ4v) is 2.23. The summed E-state index contributed by atoms with van der Waals surface area (Å²) in [6.45, 7) is 7.61. The summed E-state index contributed by atoms with van der Waals surface area (Å²) in [5.41, 5.74) is 0.203. The SMILES string of the molecule is CC(C)(C)OC(=O)N=C(c1ccc(C(=O)O)cc1)N1CCOCC1. The molecule has 7 nitrogen and oxygen atoms in total. The number of nitrogens with zero attached hydrogens (tertiary/aromatic N) is 2. The quantitative estimate of drug-likeness (QED) is 0.660. The van der Waals surface area contributed by atoms with Crippen molar-refractivity contribution in [2.45, 2.75) is 26.4 Å². The van der Waals surface area contributed by atoms with E-state index in [9.17, 15) is 9.59 Å². The zero-order valence-corrected chi connectivity index (χ0v) is 14.1. The third kappa shape index (κ3) is 5.06. The second kappa shape index (κ2) is 7.44. The number of rotatable bonds is 2. The summed E-state index contributed by atoms with van der Waals surface area (Å²) in [6, 6.07) is 6.26. The van der Waals surface area contributed by atoms with Gasteiger partial charge in [-0.25, -0.2) is 9.59 Å². The zero-order valence-electron chi connectivity index (χ0n) is 14.1. The van der Waals surface area contributed by atoms with E-state index in [2.05, 4.69) is 4.99 Å². The molecule has 0 aromatic heterocycles. The summed E-state index contributed by atoms with van der Waals surface area (Å²) < 4.78 is 10.6. The van der Waals surface area contributed by atoms with E-state index in [-0.39, 0.29) is 5.56 Å². The van der Waals surface area contributed by atoms with Gasteiger partial charge in [-0.05, 0) is 32.9 Å². The van der Waals surface area contributed by atoms with Crippen LogP contribution >= 0.6 is 0 Å². The third-order valence-electron chi connectivity index (χ3n) is 3.29.